The lowest BCUT2D eigenvalue weighted by Gasteiger charge is -2.19. The van der Waals surface area contributed by atoms with Crippen LogP contribution in [-0.2, 0) is 12.4 Å². The van der Waals surface area contributed by atoms with Gasteiger partial charge in [-0.3, -0.25) is 4.79 Å². The van der Waals surface area contributed by atoms with Gasteiger partial charge in [-0.2, -0.15) is 26.3 Å². The second-order valence-electron chi connectivity index (χ2n) is 4.05. The third kappa shape index (κ3) is 2.35. The van der Waals surface area contributed by atoms with E-state index in [1.165, 1.54) is 24.3 Å². The van der Waals surface area contributed by atoms with Crippen LogP contribution >= 0.6 is 0 Å². The van der Waals surface area contributed by atoms with E-state index in [0.29, 0.717) is 6.07 Å². The first kappa shape index (κ1) is 14.4. The van der Waals surface area contributed by atoms with Gasteiger partial charge in [-0.25, -0.2) is 0 Å². The van der Waals surface area contributed by atoms with Crippen molar-refractivity contribution in [3.05, 3.63) is 47.0 Å². The van der Waals surface area contributed by atoms with Crippen LogP contribution in [0.25, 0.3) is 10.8 Å². The summed E-state index contributed by atoms with van der Waals surface area (Å²) in [6, 6.07) is 5.53. The molecule has 2 rings (SSSR count). The monoisotopic (exact) mass is 292 g/mol. The zero-order chi connectivity index (χ0) is 15.1. The highest BCUT2D eigenvalue weighted by atomic mass is 19.4. The summed E-state index contributed by atoms with van der Waals surface area (Å²) in [5.74, 6) is 0. The van der Waals surface area contributed by atoms with Crippen LogP contribution in [0.4, 0.5) is 26.3 Å². The molecule has 0 bridgehead atoms. The van der Waals surface area contributed by atoms with Crippen molar-refractivity contribution in [2.45, 2.75) is 12.4 Å². The normalized spacial score (nSPS) is 12.7. The minimum Gasteiger partial charge on any atom is -0.298 e. The Hall–Kier alpha value is -2.05. The molecule has 0 fully saturated rings. The Morgan fingerprint density at radius 1 is 0.900 bits per heavy atom. The van der Waals surface area contributed by atoms with Crippen molar-refractivity contribution < 1.29 is 31.1 Å². The molecule has 7 heteroatoms. The number of benzene rings is 2. The van der Waals surface area contributed by atoms with Crippen molar-refractivity contribution in [1.82, 2.24) is 0 Å². The van der Waals surface area contributed by atoms with Crippen LogP contribution in [0.5, 0.6) is 0 Å². The molecule has 20 heavy (non-hydrogen) atoms. The highest BCUT2D eigenvalue weighted by Gasteiger charge is 2.45. The maximum atomic E-state index is 12.9. The number of carbonyl (C=O) groups is 1. The Bertz CT molecular complexity index is 669. The number of hydrogen-bond donors (Lipinski definition) is 0. The number of aldehydes is 1. The third-order valence-corrected chi connectivity index (χ3v) is 2.80. The molecule has 0 saturated heterocycles. The molecule has 0 N–H and O–H groups in total. The lowest BCUT2D eigenvalue weighted by molar-refractivity contribution is -0.162. The number of carbonyl (C=O) groups excluding carboxylic acids is 1. The quantitative estimate of drug-likeness (QED) is 0.550. The predicted molar refractivity (Wildman–Crippen MR) is 59.3 cm³/mol. The highest BCUT2D eigenvalue weighted by Crippen LogP contribution is 2.44. The van der Waals surface area contributed by atoms with E-state index in [2.05, 4.69) is 0 Å². The lowest BCUT2D eigenvalue weighted by Crippen LogP contribution is -2.19. The molecule has 0 heterocycles. The fourth-order valence-electron chi connectivity index (χ4n) is 2.03. The number of halogens is 6. The van der Waals surface area contributed by atoms with Crippen LogP contribution in [0.3, 0.4) is 0 Å². The Labute approximate surface area is 108 Å². The van der Waals surface area contributed by atoms with Crippen molar-refractivity contribution >= 4 is 17.1 Å². The first-order chi connectivity index (χ1) is 9.16. The van der Waals surface area contributed by atoms with E-state index in [1.54, 1.807) is 0 Å². The van der Waals surface area contributed by atoms with Crippen LogP contribution in [0, 0.1) is 0 Å². The average Bonchev–Trinajstić information content (AvgIpc) is 2.34. The van der Waals surface area contributed by atoms with Crippen molar-refractivity contribution in [2.24, 2.45) is 0 Å². The van der Waals surface area contributed by atoms with E-state index in [0.717, 1.165) is 0 Å². The average molecular weight is 292 g/mol. The summed E-state index contributed by atoms with van der Waals surface area (Å²) >= 11 is 0. The van der Waals surface area contributed by atoms with E-state index >= 15 is 0 Å². The van der Waals surface area contributed by atoms with Gasteiger partial charge >= 0.3 is 12.4 Å². The summed E-state index contributed by atoms with van der Waals surface area (Å²) in [5, 5.41) is -0.238. The Morgan fingerprint density at radius 3 is 2.00 bits per heavy atom. The third-order valence-electron chi connectivity index (χ3n) is 2.80. The minimum absolute atomic E-state index is 0.0741. The Balaban J connectivity index is 3.01. The van der Waals surface area contributed by atoms with Gasteiger partial charge in [0.25, 0.3) is 0 Å². The molecule has 0 atom stereocenters. The van der Waals surface area contributed by atoms with Gasteiger partial charge in [0.15, 0.2) is 6.29 Å². The summed E-state index contributed by atoms with van der Waals surface area (Å²) < 4.78 is 77.1. The molecule has 0 aromatic heterocycles. The summed E-state index contributed by atoms with van der Waals surface area (Å²) in [5.41, 5.74) is -4.80. The first-order valence-corrected chi connectivity index (χ1v) is 5.31. The predicted octanol–water partition coefficient (Wildman–Crippen LogP) is 4.69. The molecule has 0 aliphatic rings. The van der Waals surface area contributed by atoms with Gasteiger partial charge in [-0.1, -0.05) is 24.3 Å². The molecule has 1 nitrogen and oxygen atoms in total. The molecule has 0 unspecified atom stereocenters. The second-order valence-corrected chi connectivity index (χ2v) is 4.05. The van der Waals surface area contributed by atoms with Gasteiger partial charge in [-0.15, -0.1) is 0 Å². The van der Waals surface area contributed by atoms with Gasteiger partial charge in [-0.05, 0) is 16.8 Å². The molecule has 0 amide bonds. The maximum Gasteiger partial charge on any atom is 0.417 e. The minimum atomic E-state index is -5.27. The van der Waals surface area contributed by atoms with Gasteiger partial charge in [0, 0.05) is 5.56 Å². The van der Waals surface area contributed by atoms with E-state index in [4.69, 9.17) is 0 Å². The zero-order valence-electron chi connectivity index (χ0n) is 9.64. The van der Waals surface area contributed by atoms with Gasteiger partial charge in [0.1, 0.15) is 0 Å². The van der Waals surface area contributed by atoms with Crippen LogP contribution < -0.4 is 0 Å². The lowest BCUT2D eigenvalue weighted by atomic mass is 9.94. The molecular weight excluding hydrogens is 286 g/mol. The number of alkyl halides is 6. The summed E-state index contributed by atoms with van der Waals surface area (Å²) in [6.45, 7) is 0. The topological polar surface area (TPSA) is 17.1 Å². The largest absolute Gasteiger partial charge is 0.417 e. The van der Waals surface area contributed by atoms with E-state index in [9.17, 15) is 31.1 Å². The van der Waals surface area contributed by atoms with Gasteiger partial charge in [0.2, 0.25) is 0 Å². The molecular formula is C13H6F6O. The Kier molecular flexibility index (Phi) is 3.23. The van der Waals surface area contributed by atoms with Crippen LogP contribution in [0.15, 0.2) is 30.3 Å². The van der Waals surface area contributed by atoms with Crippen molar-refractivity contribution in [1.29, 1.82) is 0 Å². The summed E-state index contributed by atoms with van der Waals surface area (Å²) in [4.78, 5) is 10.9. The van der Waals surface area contributed by atoms with E-state index in [1.807, 2.05) is 0 Å². The summed E-state index contributed by atoms with van der Waals surface area (Å²) in [6.07, 6.45) is -10.7. The van der Waals surface area contributed by atoms with Gasteiger partial charge in [0.05, 0.1) is 11.1 Å². The molecule has 0 aliphatic carbocycles. The number of fused-ring (bicyclic) bond motifs is 1. The molecule has 0 radical (unpaired) electrons. The van der Waals surface area contributed by atoms with Crippen LogP contribution in [-0.4, -0.2) is 6.29 Å². The van der Waals surface area contributed by atoms with Crippen LogP contribution in [0.1, 0.15) is 21.5 Å². The van der Waals surface area contributed by atoms with Gasteiger partial charge < -0.3 is 0 Å². The zero-order valence-corrected chi connectivity index (χ0v) is 9.64. The molecule has 106 valence electrons. The van der Waals surface area contributed by atoms with Crippen molar-refractivity contribution in [2.75, 3.05) is 0 Å². The smallest absolute Gasteiger partial charge is 0.298 e. The van der Waals surface area contributed by atoms with Crippen molar-refractivity contribution in [3.8, 4) is 0 Å². The van der Waals surface area contributed by atoms with E-state index < -0.39 is 29.0 Å². The van der Waals surface area contributed by atoms with E-state index in [-0.39, 0.29) is 17.1 Å². The van der Waals surface area contributed by atoms with Crippen molar-refractivity contribution in [3.63, 3.8) is 0 Å². The molecule has 2 aromatic rings. The molecule has 0 spiro atoms. The standard InChI is InChI=1S/C13H6F6O/c14-12(15,16)10-5-7-3-1-2-4-8(7)9(6-20)11(10)13(17,18)19/h1-6H. The number of hydrogen-bond acceptors (Lipinski definition) is 1. The first-order valence-electron chi connectivity index (χ1n) is 5.31. The summed E-state index contributed by atoms with van der Waals surface area (Å²) in [7, 11) is 0. The number of rotatable bonds is 1. The maximum absolute atomic E-state index is 12.9. The fourth-order valence-corrected chi connectivity index (χ4v) is 2.03. The second kappa shape index (κ2) is 4.50. The SMILES string of the molecule is O=Cc1c(C(F)(F)F)c(C(F)(F)F)cc2ccccc12. The molecule has 2 aromatic carbocycles. The Morgan fingerprint density at radius 2 is 1.50 bits per heavy atom. The van der Waals surface area contributed by atoms with Crippen LogP contribution in [0.2, 0.25) is 0 Å². The fraction of sp³-hybridized carbons (Fsp3) is 0.154. The highest BCUT2D eigenvalue weighted by molar-refractivity contribution is 6.00. The molecule has 0 aliphatic heterocycles. The molecule has 0 saturated carbocycles.